The van der Waals surface area contributed by atoms with Crippen LogP contribution in [0.4, 0.5) is 0 Å². The molecule has 3 saturated heterocycles. The molecule has 24 heavy (non-hydrogen) atoms. The molecule has 3 aliphatic rings. The van der Waals surface area contributed by atoms with Crippen LogP contribution >= 0.6 is 12.4 Å². The minimum atomic E-state index is -0.337. The first-order valence-electron chi connectivity index (χ1n) is 9.04. The van der Waals surface area contributed by atoms with Crippen LogP contribution in [-0.4, -0.2) is 66.0 Å². The van der Waals surface area contributed by atoms with Crippen molar-refractivity contribution in [1.82, 2.24) is 9.80 Å². The number of nitrogens with zero attached hydrogens (tertiary/aromatic N) is 2. The standard InChI is InChI=1S/C17H29N3O3.ClH/c1-12-9-13(10-18)11-20(12)16(21)14-5-2-3-7-19(14)17(22)15-6-4-8-23-15;/h12-15H,2-11,18H2,1H3;1H. The van der Waals surface area contributed by atoms with E-state index in [1.54, 1.807) is 4.90 Å². The van der Waals surface area contributed by atoms with Gasteiger partial charge in [0.25, 0.3) is 5.91 Å². The summed E-state index contributed by atoms with van der Waals surface area (Å²) in [6.45, 7) is 4.77. The first-order chi connectivity index (χ1) is 11.1. The van der Waals surface area contributed by atoms with E-state index in [4.69, 9.17) is 10.5 Å². The van der Waals surface area contributed by atoms with Gasteiger partial charge in [-0.1, -0.05) is 0 Å². The second kappa shape index (κ2) is 8.50. The van der Waals surface area contributed by atoms with Crippen LogP contribution in [0, 0.1) is 5.92 Å². The maximum absolute atomic E-state index is 13.1. The maximum atomic E-state index is 13.1. The highest BCUT2D eigenvalue weighted by Crippen LogP contribution is 2.28. The largest absolute Gasteiger partial charge is 0.368 e. The Bertz CT molecular complexity index is 456. The topological polar surface area (TPSA) is 75.9 Å². The Morgan fingerprint density at radius 1 is 1.12 bits per heavy atom. The van der Waals surface area contributed by atoms with Gasteiger partial charge in [0.15, 0.2) is 0 Å². The number of hydrogen-bond acceptors (Lipinski definition) is 4. The van der Waals surface area contributed by atoms with E-state index in [1.807, 2.05) is 4.90 Å². The number of piperidine rings is 1. The molecule has 6 nitrogen and oxygen atoms in total. The van der Waals surface area contributed by atoms with Crippen LogP contribution in [0.3, 0.4) is 0 Å². The molecule has 3 heterocycles. The summed E-state index contributed by atoms with van der Waals surface area (Å²) < 4.78 is 5.54. The molecule has 4 atom stereocenters. The Labute approximate surface area is 150 Å². The molecular formula is C17H30ClN3O3. The molecular weight excluding hydrogens is 330 g/mol. The molecule has 2 amide bonds. The average Bonchev–Trinajstić information content (AvgIpc) is 3.23. The van der Waals surface area contributed by atoms with E-state index in [0.717, 1.165) is 45.1 Å². The molecule has 0 aliphatic carbocycles. The second-order valence-corrected chi connectivity index (χ2v) is 7.22. The van der Waals surface area contributed by atoms with Crippen molar-refractivity contribution in [3.8, 4) is 0 Å². The van der Waals surface area contributed by atoms with Gasteiger partial charge in [-0.15, -0.1) is 12.4 Å². The van der Waals surface area contributed by atoms with E-state index in [2.05, 4.69) is 6.92 Å². The van der Waals surface area contributed by atoms with E-state index >= 15 is 0 Å². The van der Waals surface area contributed by atoms with Crippen LogP contribution < -0.4 is 5.73 Å². The summed E-state index contributed by atoms with van der Waals surface area (Å²) in [5.41, 5.74) is 5.78. The fraction of sp³-hybridized carbons (Fsp3) is 0.882. The quantitative estimate of drug-likeness (QED) is 0.820. The summed E-state index contributed by atoms with van der Waals surface area (Å²) in [5, 5.41) is 0. The van der Waals surface area contributed by atoms with E-state index in [-0.39, 0.29) is 42.4 Å². The van der Waals surface area contributed by atoms with Crippen molar-refractivity contribution in [3.05, 3.63) is 0 Å². The molecule has 0 aromatic carbocycles. The van der Waals surface area contributed by atoms with Crippen molar-refractivity contribution in [2.45, 2.75) is 63.6 Å². The second-order valence-electron chi connectivity index (χ2n) is 7.22. The smallest absolute Gasteiger partial charge is 0.252 e. The summed E-state index contributed by atoms with van der Waals surface area (Å²) >= 11 is 0. The molecule has 0 aromatic rings. The summed E-state index contributed by atoms with van der Waals surface area (Å²) in [7, 11) is 0. The fourth-order valence-corrected chi connectivity index (χ4v) is 4.22. The first kappa shape index (κ1) is 19.5. The number of nitrogens with two attached hydrogens (primary N) is 1. The lowest BCUT2D eigenvalue weighted by molar-refractivity contribution is -0.153. The Balaban J connectivity index is 0.00000208. The van der Waals surface area contributed by atoms with Gasteiger partial charge in [-0.3, -0.25) is 9.59 Å². The van der Waals surface area contributed by atoms with Gasteiger partial charge >= 0.3 is 0 Å². The van der Waals surface area contributed by atoms with Crippen LogP contribution in [0.5, 0.6) is 0 Å². The third kappa shape index (κ3) is 3.86. The molecule has 138 valence electrons. The SMILES string of the molecule is CC1CC(CN)CN1C(=O)C1CCCCN1C(=O)C1CCCO1.Cl. The van der Waals surface area contributed by atoms with Crippen LogP contribution in [-0.2, 0) is 14.3 Å². The molecule has 0 spiro atoms. The number of ether oxygens (including phenoxy) is 1. The van der Waals surface area contributed by atoms with E-state index in [0.29, 0.717) is 25.6 Å². The molecule has 4 unspecified atom stereocenters. The van der Waals surface area contributed by atoms with Crippen LogP contribution in [0.15, 0.2) is 0 Å². The zero-order chi connectivity index (χ0) is 16.4. The number of amides is 2. The predicted molar refractivity (Wildman–Crippen MR) is 93.9 cm³/mol. The van der Waals surface area contributed by atoms with Crippen LogP contribution in [0.25, 0.3) is 0 Å². The molecule has 0 radical (unpaired) electrons. The van der Waals surface area contributed by atoms with Gasteiger partial charge in [0.05, 0.1) is 0 Å². The predicted octanol–water partition coefficient (Wildman–Crippen LogP) is 1.16. The molecule has 0 saturated carbocycles. The molecule has 7 heteroatoms. The third-order valence-corrected chi connectivity index (χ3v) is 5.55. The summed E-state index contributed by atoms with van der Waals surface area (Å²) in [6.07, 6.45) is 5.10. The highest BCUT2D eigenvalue weighted by atomic mass is 35.5. The molecule has 3 rings (SSSR count). The van der Waals surface area contributed by atoms with Gasteiger partial charge in [-0.25, -0.2) is 0 Å². The van der Waals surface area contributed by atoms with Gasteiger partial charge in [0, 0.05) is 25.7 Å². The normalized spacial score (nSPS) is 33.4. The minimum absolute atomic E-state index is 0. The lowest BCUT2D eigenvalue weighted by Gasteiger charge is -2.38. The van der Waals surface area contributed by atoms with Gasteiger partial charge in [-0.2, -0.15) is 0 Å². The maximum Gasteiger partial charge on any atom is 0.252 e. The lowest BCUT2D eigenvalue weighted by atomic mass is 9.99. The Morgan fingerprint density at radius 2 is 1.92 bits per heavy atom. The van der Waals surface area contributed by atoms with Gasteiger partial charge in [-0.05, 0) is 57.9 Å². The number of likely N-dealkylation sites (tertiary alicyclic amines) is 2. The average molecular weight is 360 g/mol. The first-order valence-corrected chi connectivity index (χ1v) is 9.04. The number of carbonyl (C=O) groups excluding carboxylic acids is 2. The Morgan fingerprint density at radius 3 is 2.54 bits per heavy atom. The fourth-order valence-electron chi connectivity index (χ4n) is 4.22. The molecule has 0 aromatic heterocycles. The van der Waals surface area contributed by atoms with E-state index in [9.17, 15) is 9.59 Å². The number of hydrogen-bond donors (Lipinski definition) is 1. The minimum Gasteiger partial charge on any atom is -0.368 e. The Hall–Kier alpha value is -0.850. The molecule has 2 N–H and O–H groups in total. The molecule has 3 aliphatic heterocycles. The highest BCUT2D eigenvalue weighted by Gasteiger charge is 2.41. The summed E-state index contributed by atoms with van der Waals surface area (Å²) in [4.78, 5) is 29.5. The summed E-state index contributed by atoms with van der Waals surface area (Å²) in [5.74, 6) is 0.516. The lowest BCUT2D eigenvalue weighted by Crippen LogP contribution is -2.55. The van der Waals surface area contributed by atoms with Crippen molar-refractivity contribution in [3.63, 3.8) is 0 Å². The number of rotatable bonds is 3. The molecule has 3 fully saturated rings. The monoisotopic (exact) mass is 359 g/mol. The van der Waals surface area contributed by atoms with Crippen molar-refractivity contribution in [1.29, 1.82) is 0 Å². The number of halogens is 1. The summed E-state index contributed by atoms with van der Waals surface area (Å²) in [6, 6.07) is -0.0860. The zero-order valence-electron chi connectivity index (χ0n) is 14.5. The highest BCUT2D eigenvalue weighted by molar-refractivity contribution is 5.90. The number of carbonyl (C=O) groups is 2. The van der Waals surface area contributed by atoms with Gasteiger partial charge in [0.1, 0.15) is 12.1 Å². The third-order valence-electron chi connectivity index (χ3n) is 5.55. The van der Waals surface area contributed by atoms with Crippen LogP contribution in [0.1, 0.15) is 45.4 Å². The van der Waals surface area contributed by atoms with E-state index < -0.39 is 0 Å². The van der Waals surface area contributed by atoms with Crippen molar-refractivity contribution >= 4 is 24.2 Å². The molecule has 0 bridgehead atoms. The van der Waals surface area contributed by atoms with Crippen molar-refractivity contribution in [2.24, 2.45) is 11.7 Å². The Kier molecular flexibility index (Phi) is 6.89. The van der Waals surface area contributed by atoms with Gasteiger partial charge < -0.3 is 20.3 Å². The zero-order valence-corrected chi connectivity index (χ0v) is 15.3. The van der Waals surface area contributed by atoms with Crippen molar-refractivity contribution < 1.29 is 14.3 Å². The van der Waals surface area contributed by atoms with Gasteiger partial charge in [0.2, 0.25) is 5.91 Å². The van der Waals surface area contributed by atoms with Crippen LogP contribution in [0.2, 0.25) is 0 Å². The van der Waals surface area contributed by atoms with E-state index in [1.165, 1.54) is 0 Å². The van der Waals surface area contributed by atoms with Crippen molar-refractivity contribution in [2.75, 3.05) is 26.2 Å².